The van der Waals surface area contributed by atoms with Crippen molar-refractivity contribution < 1.29 is 9.53 Å². The van der Waals surface area contributed by atoms with E-state index in [1.165, 1.54) is 36.3 Å². The fraction of sp³-hybridized carbons (Fsp3) is 0.696. The predicted octanol–water partition coefficient (Wildman–Crippen LogP) is 7.53. The van der Waals surface area contributed by atoms with E-state index in [0.717, 1.165) is 11.3 Å². The normalized spacial score (nSPS) is 13.8. The van der Waals surface area contributed by atoms with Crippen LogP contribution in [0.1, 0.15) is 55.4 Å². The Hall–Kier alpha value is -0.876. The zero-order valence-electron chi connectivity index (χ0n) is 19.3. The lowest BCUT2D eigenvalue weighted by atomic mass is 10.2. The minimum atomic E-state index is -1.46. The Morgan fingerprint density at radius 1 is 0.889 bits per heavy atom. The van der Waals surface area contributed by atoms with E-state index in [1.807, 2.05) is 13.0 Å². The number of allylic oxidation sites excluding steroid dienone is 3. The summed E-state index contributed by atoms with van der Waals surface area (Å²) in [6, 6.07) is 7.92. The number of hydrogen-bond acceptors (Lipinski definition) is 2. The first-order chi connectivity index (χ1) is 12.8. The van der Waals surface area contributed by atoms with Crippen LogP contribution in [0.25, 0.3) is 0 Å². The quantitative estimate of drug-likeness (QED) is 0.0975. The van der Waals surface area contributed by atoms with Crippen LogP contribution in [-0.4, -0.2) is 28.5 Å². The van der Waals surface area contributed by atoms with Gasteiger partial charge in [0, 0.05) is 0 Å². The van der Waals surface area contributed by atoms with E-state index in [9.17, 15) is 4.79 Å². The van der Waals surface area contributed by atoms with E-state index in [2.05, 4.69) is 54.2 Å². The molecule has 0 N–H and O–H groups in total. The third-order valence-corrected chi connectivity index (χ3v) is 22.3. The van der Waals surface area contributed by atoms with Gasteiger partial charge in [-0.15, -0.1) is 0 Å². The number of carbonyl (C=O) groups is 1. The van der Waals surface area contributed by atoms with Crippen LogP contribution in [0.15, 0.2) is 36.1 Å². The minimum absolute atomic E-state index is 0.106. The number of ether oxygens (including phenoxy) is 1. The van der Waals surface area contributed by atoms with Gasteiger partial charge in [-0.1, -0.05) is 90.5 Å². The van der Waals surface area contributed by atoms with E-state index in [0.29, 0.717) is 11.8 Å². The Kier molecular flexibility index (Phi) is 12.1. The summed E-state index contributed by atoms with van der Waals surface area (Å²) >= 11 is 0. The van der Waals surface area contributed by atoms with E-state index >= 15 is 0 Å². The summed E-state index contributed by atoms with van der Waals surface area (Å²) < 4.78 is 6.06. The van der Waals surface area contributed by atoms with Gasteiger partial charge in [0.1, 0.15) is 12.4 Å². The van der Waals surface area contributed by atoms with Crippen molar-refractivity contribution in [2.75, 3.05) is 6.61 Å². The first-order valence-electron chi connectivity index (χ1n) is 10.9. The van der Waals surface area contributed by atoms with Crippen LogP contribution < -0.4 is 0 Å². The SMILES string of the molecule is C=CCOC(=C\C([Si](CC)(CC)CC)[Si](CC)(CC)CC)/C=C(\C)C(C)=O. The molecule has 0 aliphatic heterocycles. The van der Waals surface area contributed by atoms with Crippen LogP contribution in [0, 0.1) is 0 Å². The third kappa shape index (κ3) is 6.60. The van der Waals surface area contributed by atoms with Gasteiger partial charge in [-0.3, -0.25) is 4.79 Å². The van der Waals surface area contributed by atoms with Crippen molar-refractivity contribution in [1.82, 2.24) is 0 Å². The summed E-state index contributed by atoms with van der Waals surface area (Å²) in [6.45, 7) is 22.2. The van der Waals surface area contributed by atoms with Crippen molar-refractivity contribution in [1.29, 1.82) is 0 Å². The van der Waals surface area contributed by atoms with Gasteiger partial charge < -0.3 is 4.74 Å². The highest BCUT2D eigenvalue weighted by Crippen LogP contribution is 2.46. The molecule has 0 amide bonds. The van der Waals surface area contributed by atoms with E-state index < -0.39 is 16.1 Å². The minimum Gasteiger partial charge on any atom is -0.490 e. The fourth-order valence-corrected chi connectivity index (χ4v) is 20.1. The smallest absolute Gasteiger partial charge is 0.155 e. The Morgan fingerprint density at radius 2 is 1.30 bits per heavy atom. The second kappa shape index (κ2) is 12.6. The molecule has 0 aromatic rings. The second-order valence-electron chi connectivity index (χ2n) is 7.88. The molecule has 0 heterocycles. The van der Waals surface area contributed by atoms with Gasteiger partial charge in [0.25, 0.3) is 0 Å². The van der Waals surface area contributed by atoms with Crippen molar-refractivity contribution in [3.8, 4) is 0 Å². The lowest BCUT2D eigenvalue weighted by molar-refractivity contribution is -0.113. The maximum absolute atomic E-state index is 11.8. The van der Waals surface area contributed by atoms with Crippen LogP contribution in [0.4, 0.5) is 0 Å². The van der Waals surface area contributed by atoms with E-state index in [-0.39, 0.29) is 5.78 Å². The van der Waals surface area contributed by atoms with E-state index in [1.54, 1.807) is 13.0 Å². The van der Waals surface area contributed by atoms with Crippen LogP contribution in [0.2, 0.25) is 41.4 Å². The lowest BCUT2D eigenvalue weighted by Gasteiger charge is -2.47. The van der Waals surface area contributed by atoms with Crippen LogP contribution in [0.5, 0.6) is 0 Å². The number of Topliss-reactive ketones (excluding diaryl/α,β-unsaturated/α-hetero) is 1. The molecule has 0 aromatic heterocycles. The van der Waals surface area contributed by atoms with Gasteiger partial charge >= 0.3 is 0 Å². The summed E-state index contributed by atoms with van der Waals surface area (Å²) in [5, 5.41) is 0.681. The van der Waals surface area contributed by atoms with Crippen LogP contribution in [0.3, 0.4) is 0 Å². The maximum atomic E-state index is 11.8. The molecule has 27 heavy (non-hydrogen) atoms. The second-order valence-corrected chi connectivity index (χ2v) is 19.4. The van der Waals surface area contributed by atoms with Crippen molar-refractivity contribution >= 4 is 21.9 Å². The Labute approximate surface area is 171 Å². The zero-order chi connectivity index (χ0) is 21.1. The zero-order valence-corrected chi connectivity index (χ0v) is 21.3. The molecular formula is C23H44O2Si2. The molecular weight excluding hydrogens is 364 g/mol. The molecule has 0 aliphatic carbocycles. The average molecular weight is 409 g/mol. The molecule has 0 atom stereocenters. The Bertz CT molecular complexity index is 490. The molecule has 0 aromatic carbocycles. The van der Waals surface area contributed by atoms with Gasteiger partial charge in [0.05, 0.1) is 16.1 Å². The summed E-state index contributed by atoms with van der Waals surface area (Å²) in [5.74, 6) is 0.988. The average Bonchev–Trinajstić information content (AvgIpc) is 2.69. The third-order valence-electron chi connectivity index (χ3n) is 7.16. The molecule has 156 valence electrons. The highest BCUT2D eigenvalue weighted by atomic mass is 28.4. The van der Waals surface area contributed by atoms with E-state index in [4.69, 9.17) is 4.74 Å². The number of rotatable bonds is 14. The Morgan fingerprint density at radius 3 is 1.59 bits per heavy atom. The molecule has 0 saturated carbocycles. The van der Waals surface area contributed by atoms with Gasteiger partial charge in [0.2, 0.25) is 0 Å². The highest BCUT2D eigenvalue weighted by Gasteiger charge is 2.47. The molecule has 0 aliphatic rings. The number of hydrogen-bond donors (Lipinski definition) is 0. The van der Waals surface area contributed by atoms with Crippen LogP contribution in [-0.2, 0) is 9.53 Å². The standard InChI is InChI=1S/C23H44O2Si2/c1-10-17-25-22(18-20(8)21(9)24)19-23(26(11-2,12-3)13-4)27(14-5,15-6)16-7/h10,18-19,23H,1,11-17H2,2-9H3/b20-18+,22-19-. The van der Waals surface area contributed by atoms with Crippen LogP contribution >= 0.6 is 0 Å². The molecule has 0 fully saturated rings. The summed E-state index contributed by atoms with van der Waals surface area (Å²) in [6.07, 6.45) is 6.20. The highest BCUT2D eigenvalue weighted by molar-refractivity contribution is 7.00. The fourth-order valence-electron chi connectivity index (χ4n) is 4.59. The molecule has 0 unspecified atom stereocenters. The lowest BCUT2D eigenvalue weighted by Crippen LogP contribution is -2.52. The van der Waals surface area contributed by atoms with Crippen molar-refractivity contribution in [3.63, 3.8) is 0 Å². The summed E-state index contributed by atoms with van der Waals surface area (Å²) in [7, 11) is -2.92. The molecule has 0 bridgehead atoms. The predicted molar refractivity (Wildman–Crippen MR) is 127 cm³/mol. The largest absolute Gasteiger partial charge is 0.490 e. The maximum Gasteiger partial charge on any atom is 0.155 e. The van der Waals surface area contributed by atoms with Gasteiger partial charge in [-0.2, -0.15) is 0 Å². The first kappa shape index (κ1) is 26.1. The molecule has 0 saturated heterocycles. The molecule has 0 radical (unpaired) electrons. The first-order valence-corrected chi connectivity index (χ1v) is 16.3. The monoisotopic (exact) mass is 408 g/mol. The molecule has 0 rings (SSSR count). The molecule has 4 heteroatoms. The number of ketones is 1. The summed E-state index contributed by atoms with van der Waals surface area (Å²) in [5.41, 5.74) is 0.762. The van der Waals surface area contributed by atoms with Crippen molar-refractivity contribution in [3.05, 3.63) is 36.1 Å². The number of carbonyl (C=O) groups excluding carboxylic acids is 1. The molecule has 0 spiro atoms. The summed E-state index contributed by atoms with van der Waals surface area (Å²) in [4.78, 5) is 11.8. The Balaban J connectivity index is 6.58. The van der Waals surface area contributed by atoms with Gasteiger partial charge in [-0.05, 0) is 36.7 Å². The molecule has 2 nitrogen and oxygen atoms in total. The van der Waals surface area contributed by atoms with Gasteiger partial charge in [-0.25, -0.2) is 0 Å². The van der Waals surface area contributed by atoms with Crippen molar-refractivity contribution in [2.45, 2.75) is 96.8 Å². The van der Waals surface area contributed by atoms with Gasteiger partial charge in [0.15, 0.2) is 5.78 Å². The topological polar surface area (TPSA) is 26.3 Å². The van der Waals surface area contributed by atoms with Crippen molar-refractivity contribution in [2.24, 2.45) is 0 Å².